The number of nitrogens with zero attached hydrogens (tertiary/aromatic N) is 2. The van der Waals surface area contributed by atoms with E-state index in [2.05, 4.69) is 0 Å². The summed E-state index contributed by atoms with van der Waals surface area (Å²) in [6, 6.07) is 3.92. The molecule has 0 saturated heterocycles. The van der Waals surface area contributed by atoms with Gasteiger partial charge in [-0.2, -0.15) is 10.5 Å². The lowest BCUT2D eigenvalue weighted by atomic mass is 9.74. The second-order valence-electron chi connectivity index (χ2n) is 4.88. The summed E-state index contributed by atoms with van der Waals surface area (Å²) < 4.78 is 9.90. The van der Waals surface area contributed by atoms with E-state index in [1.807, 2.05) is 19.1 Å². The lowest BCUT2D eigenvalue weighted by Gasteiger charge is -2.27. The smallest absolute Gasteiger partial charge is 0.330 e. The van der Waals surface area contributed by atoms with Crippen molar-refractivity contribution in [2.45, 2.75) is 47.0 Å². The average Bonchev–Trinajstić information content (AvgIpc) is 2.55. The third-order valence-corrected chi connectivity index (χ3v) is 3.63. The number of allylic oxidation sites excluding steroid dienone is 1. The van der Waals surface area contributed by atoms with E-state index < -0.39 is 23.3 Å². The Morgan fingerprint density at radius 2 is 1.78 bits per heavy atom. The molecule has 0 spiro atoms. The summed E-state index contributed by atoms with van der Waals surface area (Å²) in [5, 5.41) is 18.8. The van der Waals surface area contributed by atoms with E-state index in [1.54, 1.807) is 26.8 Å². The van der Waals surface area contributed by atoms with Gasteiger partial charge in [0.15, 0.2) is 5.41 Å². The fourth-order valence-corrected chi connectivity index (χ4v) is 2.41. The van der Waals surface area contributed by atoms with Crippen LogP contribution in [0, 0.1) is 34.0 Å². The Morgan fingerprint density at radius 1 is 1.17 bits per heavy atom. The summed E-state index contributed by atoms with van der Waals surface area (Å²) in [4.78, 5) is 24.1. The van der Waals surface area contributed by atoms with E-state index >= 15 is 0 Å². The highest BCUT2D eigenvalue weighted by atomic mass is 16.5. The number of hydrogen-bond donors (Lipinski definition) is 0. The lowest BCUT2D eigenvalue weighted by Crippen LogP contribution is -2.35. The molecular formula is C17H24N2O4. The highest BCUT2D eigenvalue weighted by Crippen LogP contribution is 2.37. The minimum atomic E-state index is -1.47. The fourth-order valence-electron chi connectivity index (χ4n) is 2.41. The van der Waals surface area contributed by atoms with Crippen molar-refractivity contribution < 1.29 is 19.1 Å². The second-order valence-corrected chi connectivity index (χ2v) is 4.88. The summed E-state index contributed by atoms with van der Waals surface area (Å²) >= 11 is 0. The Hall–Kier alpha value is -2.34. The Balaban J connectivity index is 5.48. The Morgan fingerprint density at radius 3 is 2.17 bits per heavy atom. The lowest BCUT2D eigenvalue weighted by molar-refractivity contribution is -0.152. The molecule has 23 heavy (non-hydrogen) atoms. The zero-order valence-corrected chi connectivity index (χ0v) is 14.2. The number of carbonyl (C=O) groups is 2. The molecule has 0 saturated carbocycles. The van der Waals surface area contributed by atoms with Gasteiger partial charge in [-0.05, 0) is 45.6 Å². The van der Waals surface area contributed by atoms with E-state index in [4.69, 9.17) is 14.7 Å². The molecule has 0 fully saturated rings. The predicted octanol–water partition coefficient (Wildman–Crippen LogP) is 2.90. The van der Waals surface area contributed by atoms with Crippen molar-refractivity contribution in [1.29, 1.82) is 10.5 Å². The first kappa shape index (κ1) is 20.7. The number of nitriles is 2. The maximum absolute atomic E-state index is 12.4. The van der Waals surface area contributed by atoms with Crippen LogP contribution in [0.4, 0.5) is 0 Å². The third-order valence-electron chi connectivity index (χ3n) is 3.63. The zero-order chi connectivity index (χ0) is 17.9. The largest absolute Gasteiger partial charge is 0.465 e. The van der Waals surface area contributed by atoms with Gasteiger partial charge in [-0.25, -0.2) is 4.79 Å². The summed E-state index contributed by atoms with van der Waals surface area (Å²) in [7, 11) is 0. The Kier molecular flexibility index (Phi) is 9.34. The Bertz CT molecular complexity index is 528. The molecule has 0 amide bonds. The number of carbonyl (C=O) groups excluding carboxylic acids is 2. The van der Waals surface area contributed by atoms with Gasteiger partial charge in [0, 0.05) is 0 Å². The summed E-state index contributed by atoms with van der Waals surface area (Å²) in [5.74, 6) is -2.28. The highest BCUT2D eigenvalue weighted by molar-refractivity contribution is 5.84. The monoisotopic (exact) mass is 320 g/mol. The molecule has 0 aliphatic heterocycles. The van der Waals surface area contributed by atoms with Crippen LogP contribution in [0.25, 0.3) is 0 Å². The minimum Gasteiger partial charge on any atom is -0.465 e. The number of ether oxygens (including phenoxy) is 2. The van der Waals surface area contributed by atoms with Gasteiger partial charge < -0.3 is 9.47 Å². The summed E-state index contributed by atoms with van der Waals surface area (Å²) in [5.41, 5.74) is -0.847. The number of hydrogen-bond acceptors (Lipinski definition) is 6. The van der Waals surface area contributed by atoms with Crippen LogP contribution in [-0.2, 0) is 19.1 Å². The van der Waals surface area contributed by atoms with Crippen molar-refractivity contribution in [3.8, 4) is 12.1 Å². The minimum absolute atomic E-state index is 0.0346. The molecule has 0 heterocycles. The van der Waals surface area contributed by atoms with Gasteiger partial charge in [-0.3, -0.25) is 4.79 Å². The molecule has 6 nitrogen and oxygen atoms in total. The van der Waals surface area contributed by atoms with Crippen molar-refractivity contribution in [1.82, 2.24) is 0 Å². The van der Waals surface area contributed by atoms with E-state index in [0.29, 0.717) is 12.0 Å². The number of rotatable bonds is 9. The SMILES string of the molecule is C/C=C(\CC)C(C#N)(CCC(C#N)C(=O)OCC)C(=O)OCC. The van der Waals surface area contributed by atoms with Crippen LogP contribution in [0.2, 0.25) is 0 Å². The van der Waals surface area contributed by atoms with E-state index in [1.165, 1.54) is 0 Å². The maximum atomic E-state index is 12.4. The first-order valence-corrected chi connectivity index (χ1v) is 7.77. The van der Waals surface area contributed by atoms with Crippen molar-refractivity contribution in [3.63, 3.8) is 0 Å². The molecular weight excluding hydrogens is 296 g/mol. The summed E-state index contributed by atoms with van der Waals surface area (Å²) in [6.07, 6.45) is 2.30. The molecule has 0 radical (unpaired) electrons. The van der Waals surface area contributed by atoms with E-state index in [-0.39, 0.29) is 26.1 Å². The molecule has 0 aromatic heterocycles. The van der Waals surface area contributed by atoms with Gasteiger partial charge in [0.05, 0.1) is 25.4 Å². The Labute approximate surface area is 137 Å². The number of esters is 2. The average molecular weight is 320 g/mol. The maximum Gasteiger partial charge on any atom is 0.330 e. The van der Waals surface area contributed by atoms with Crippen molar-refractivity contribution >= 4 is 11.9 Å². The third kappa shape index (κ3) is 5.10. The first-order chi connectivity index (χ1) is 11.0. The molecule has 0 aromatic carbocycles. The molecule has 0 bridgehead atoms. The van der Waals surface area contributed by atoms with Gasteiger partial charge in [-0.15, -0.1) is 0 Å². The second kappa shape index (κ2) is 10.4. The summed E-state index contributed by atoms with van der Waals surface area (Å²) in [6.45, 7) is 7.23. The molecule has 2 unspecified atom stereocenters. The van der Waals surface area contributed by atoms with Crippen LogP contribution in [-0.4, -0.2) is 25.2 Å². The van der Waals surface area contributed by atoms with Gasteiger partial charge >= 0.3 is 11.9 Å². The van der Waals surface area contributed by atoms with Crippen LogP contribution >= 0.6 is 0 Å². The topological polar surface area (TPSA) is 100 Å². The zero-order valence-electron chi connectivity index (χ0n) is 14.2. The van der Waals surface area contributed by atoms with Crippen LogP contribution in [0.1, 0.15) is 47.0 Å². The molecule has 0 aliphatic carbocycles. The van der Waals surface area contributed by atoms with Crippen LogP contribution in [0.3, 0.4) is 0 Å². The van der Waals surface area contributed by atoms with Gasteiger partial charge in [-0.1, -0.05) is 13.0 Å². The highest BCUT2D eigenvalue weighted by Gasteiger charge is 2.43. The fraction of sp³-hybridized carbons (Fsp3) is 0.647. The molecule has 0 aliphatic rings. The van der Waals surface area contributed by atoms with Crippen molar-refractivity contribution in [2.75, 3.05) is 13.2 Å². The van der Waals surface area contributed by atoms with Crippen LogP contribution in [0.15, 0.2) is 11.6 Å². The van der Waals surface area contributed by atoms with E-state index in [0.717, 1.165) is 0 Å². The molecule has 2 atom stereocenters. The van der Waals surface area contributed by atoms with Gasteiger partial charge in [0.1, 0.15) is 5.92 Å². The van der Waals surface area contributed by atoms with Crippen molar-refractivity contribution in [2.24, 2.45) is 11.3 Å². The van der Waals surface area contributed by atoms with Gasteiger partial charge in [0.25, 0.3) is 0 Å². The normalized spacial score (nSPS) is 14.8. The quantitative estimate of drug-likeness (QED) is 0.478. The van der Waals surface area contributed by atoms with E-state index in [9.17, 15) is 14.9 Å². The predicted molar refractivity (Wildman–Crippen MR) is 83.7 cm³/mol. The molecule has 6 heteroatoms. The molecule has 126 valence electrons. The van der Waals surface area contributed by atoms with Crippen LogP contribution < -0.4 is 0 Å². The molecule has 0 aromatic rings. The molecule has 0 rings (SSSR count). The van der Waals surface area contributed by atoms with Crippen molar-refractivity contribution in [3.05, 3.63) is 11.6 Å². The van der Waals surface area contributed by atoms with Crippen LogP contribution in [0.5, 0.6) is 0 Å². The first-order valence-electron chi connectivity index (χ1n) is 7.77. The molecule has 0 N–H and O–H groups in total. The standard InChI is InChI=1S/C17H24N2O4/c1-5-14(6-2)17(12-19,16(21)23-8-4)10-9-13(11-18)15(20)22-7-3/h5,13H,6-10H2,1-4H3/b14-5+. The van der Waals surface area contributed by atoms with Gasteiger partial charge in [0.2, 0.25) is 0 Å².